The van der Waals surface area contributed by atoms with Crippen molar-refractivity contribution in [1.29, 1.82) is 0 Å². The van der Waals surface area contributed by atoms with Crippen LogP contribution in [0.3, 0.4) is 0 Å². The summed E-state index contributed by atoms with van der Waals surface area (Å²) in [6, 6.07) is 4.47. The normalized spacial score (nSPS) is 24.8. The maximum Gasteiger partial charge on any atom is 0.250 e. The lowest BCUT2D eigenvalue weighted by Gasteiger charge is -2.06. The van der Waals surface area contributed by atoms with E-state index in [-0.39, 0.29) is 11.5 Å². The van der Waals surface area contributed by atoms with Crippen molar-refractivity contribution in [2.45, 2.75) is 55.8 Å². The first-order valence-corrected chi connectivity index (χ1v) is 9.51. The van der Waals surface area contributed by atoms with Crippen LogP contribution in [0.4, 0.5) is 0 Å². The highest BCUT2D eigenvalue weighted by Gasteiger charge is 2.48. The molecular weight excluding hydrogens is 292 g/mol. The summed E-state index contributed by atoms with van der Waals surface area (Å²) < 4.78 is 27.8. The molecule has 0 aliphatic heterocycles. The van der Waals surface area contributed by atoms with Gasteiger partial charge in [-0.3, -0.25) is 0 Å². The van der Waals surface area contributed by atoms with Crippen LogP contribution >= 0.6 is 11.3 Å². The molecule has 0 amide bonds. The Balaban J connectivity index is 1.57. The second-order valence-electron chi connectivity index (χ2n) is 6.57. The maximum atomic E-state index is 12.3. The van der Waals surface area contributed by atoms with Crippen molar-refractivity contribution in [2.24, 2.45) is 5.41 Å². The summed E-state index contributed by atoms with van der Waals surface area (Å²) >= 11 is 1.39. The van der Waals surface area contributed by atoms with Gasteiger partial charge in [0.1, 0.15) is 4.21 Å². The summed E-state index contributed by atoms with van der Waals surface area (Å²) in [6.45, 7) is 5.11. The van der Waals surface area contributed by atoms with Crippen LogP contribution < -0.4 is 10.0 Å². The van der Waals surface area contributed by atoms with Crippen molar-refractivity contribution < 1.29 is 8.42 Å². The minimum atomic E-state index is -3.33. The van der Waals surface area contributed by atoms with E-state index in [4.69, 9.17) is 0 Å². The van der Waals surface area contributed by atoms with Crippen LogP contribution in [0.1, 0.15) is 38.0 Å². The molecule has 2 aliphatic rings. The Morgan fingerprint density at radius 3 is 2.65 bits per heavy atom. The molecule has 2 fully saturated rings. The van der Waals surface area contributed by atoms with Gasteiger partial charge in [-0.15, -0.1) is 11.3 Å². The van der Waals surface area contributed by atoms with Crippen LogP contribution in [-0.4, -0.2) is 27.0 Å². The predicted molar refractivity (Wildman–Crippen MR) is 81.6 cm³/mol. The summed E-state index contributed by atoms with van der Waals surface area (Å²) in [7, 11) is -3.33. The van der Waals surface area contributed by atoms with Gasteiger partial charge in [0.15, 0.2) is 0 Å². The molecule has 2 aliphatic carbocycles. The molecule has 0 aromatic carbocycles. The van der Waals surface area contributed by atoms with Crippen LogP contribution in [0.2, 0.25) is 0 Å². The van der Waals surface area contributed by atoms with Crippen molar-refractivity contribution in [1.82, 2.24) is 10.0 Å². The standard InChI is InChI=1S/C14H22N2O2S2/c1-14(2)9-12(14)16-20(17,18)13-6-5-11(19-13)7-8-15-10-3-4-10/h5-6,10,12,15-16H,3-4,7-9H2,1-2H3. The van der Waals surface area contributed by atoms with Crippen LogP contribution in [0, 0.1) is 5.41 Å². The Labute approximate surface area is 125 Å². The molecule has 112 valence electrons. The van der Waals surface area contributed by atoms with Crippen molar-refractivity contribution in [3.8, 4) is 0 Å². The number of hydrogen-bond acceptors (Lipinski definition) is 4. The number of thiophene rings is 1. The maximum absolute atomic E-state index is 12.3. The fourth-order valence-electron chi connectivity index (χ4n) is 2.24. The predicted octanol–water partition coefficient (Wildman–Crippen LogP) is 2.12. The van der Waals surface area contributed by atoms with Gasteiger partial charge in [0, 0.05) is 23.5 Å². The van der Waals surface area contributed by atoms with Crippen molar-refractivity contribution in [3.63, 3.8) is 0 Å². The second-order valence-corrected chi connectivity index (χ2v) is 9.67. The molecule has 6 heteroatoms. The Bertz CT molecular complexity index is 588. The Hall–Kier alpha value is -0.430. The van der Waals surface area contributed by atoms with Gasteiger partial charge < -0.3 is 5.32 Å². The molecule has 2 saturated carbocycles. The minimum absolute atomic E-state index is 0.0922. The Morgan fingerprint density at radius 1 is 1.35 bits per heavy atom. The minimum Gasteiger partial charge on any atom is -0.314 e. The third-order valence-electron chi connectivity index (χ3n) is 4.09. The summed E-state index contributed by atoms with van der Waals surface area (Å²) in [4.78, 5) is 1.13. The highest BCUT2D eigenvalue weighted by molar-refractivity contribution is 7.91. The zero-order valence-electron chi connectivity index (χ0n) is 12.0. The first-order chi connectivity index (χ1) is 9.37. The summed E-state index contributed by atoms with van der Waals surface area (Å²) in [5, 5.41) is 3.45. The first-order valence-electron chi connectivity index (χ1n) is 7.21. The van der Waals surface area contributed by atoms with E-state index in [0.29, 0.717) is 10.3 Å². The lowest BCUT2D eigenvalue weighted by Crippen LogP contribution is -2.27. The van der Waals surface area contributed by atoms with Gasteiger partial charge in [0.25, 0.3) is 0 Å². The molecule has 0 spiro atoms. The summed E-state index contributed by atoms with van der Waals surface area (Å²) in [6.07, 6.45) is 4.40. The van der Waals surface area contributed by atoms with E-state index >= 15 is 0 Å². The van der Waals surface area contributed by atoms with E-state index in [9.17, 15) is 8.42 Å². The SMILES string of the molecule is CC1(C)CC1NS(=O)(=O)c1ccc(CCNC2CC2)s1. The molecular formula is C14H22N2O2S2. The van der Waals surface area contributed by atoms with Crippen molar-refractivity contribution in [2.75, 3.05) is 6.54 Å². The highest BCUT2D eigenvalue weighted by Crippen LogP contribution is 2.45. The third kappa shape index (κ3) is 3.42. The van der Waals surface area contributed by atoms with E-state index < -0.39 is 10.0 Å². The van der Waals surface area contributed by atoms with Crippen LogP contribution in [0.25, 0.3) is 0 Å². The van der Waals surface area contributed by atoms with Crippen LogP contribution in [0.5, 0.6) is 0 Å². The van der Waals surface area contributed by atoms with Crippen LogP contribution in [0.15, 0.2) is 16.3 Å². The summed E-state index contributed by atoms with van der Waals surface area (Å²) in [5.41, 5.74) is 0.112. The molecule has 20 heavy (non-hydrogen) atoms. The number of hydrogen-bond donors (Lipinski definition) is 2. The Morgan fingerprint density at radius 2 is 2.05 bits per heavy atom. The number of rotatable bonds is 7. The van der Waals surface area contributed by atoms with Gasteiger partial charge in [-0.2, -0.15) is 0 Å². The lowest BCUT2D eigenvalue weighted by molar-refractivity contribution is 0.556. The average Bonchev–Trinajstić information content (AvgIpc) is 3.19. The quantitative estimate of drug-likeness (QED) is 0.810. The third-order valence-corrected chi connectivity index (χ3v) is 7.20. The smallest absolute Gasteiger partial charge is 0.250 e. The van der Waals surface area contributed by atoms with E-state index in [1.54, 1.807) is 6.07 Å². The van der Waals surface area contributed by atoms with E-state index in [0.717, 1.165) is 24.3 Å². The monoisotopic (exact) mass is 314 g/mol. The molecule has 0 saturated heterocycles. The fourth-order valence-corrected chi connectivity index (χ4v) is 5.02. The largest absolute Gasteiger partial charge is 0.314 e. The van der Waals surface area contributed by atoms with Crippen molar-refractivity contribution in [3.05, 3.63) is 17.0 Å². The fraction of sp³-hybridized carbons (Fsp3) is 0.714. The molecule has 3 rings (SSSR count). The first kappa shape index (κ1) is 14.5. The van der Waals surface area contributed by atoms with Gasteiger partial charge >= 0.3 is 0 Å². The van der Waals surface area contributed by atoms with Gasteiger partial charge in [-0.25, -0.2) is 13.1 Å². The molecule has 1 unspecified atom stereocenters. The molecule has 1 aromatic rings. The molecule has 0 bridgehead atoms. The molecule has 1 heterocycles. The zero-order chi connectivity index (χ0) is 14.4. The number of sulfonamides is 1. The zero-order valence-corrected chi connectivity index (χ0v) is 13.6. The van der Waals surface area contributed by atoms with E-state index in [1.165, 1.54) is 24.2 Å². The van der Waals surface area contributed by atoms with Gasteiger partial charge in [-0.1, -0.05) is 13.8 Å². The van der Waals surface area contributed by atoms with Gasteiger partial charge in [-0.05, 0) is 43.2 Å². The van der Waals surface area contributed by atoms with E-state index in [1.807, 2.05) is 6.07 Å². The number of nitrogens with one attached hydrogen (secondary N) is 2. The van der Waals surface area contributed by atoms with E-state index in [2.05, 4.69) is 23.9 Å². The highest BCUT2D eigenvalue weighted by atomic mass is 32.2. The second kappa shape index (κ2) is 5.09. The molecule has 1 aromatic heterocycles. The molecule has 2 N–H and O–H groups in total. The van der Waals surface area contributed by atoms with Crippen molar-refractivity contribution >= 4 is 21.4 Å². The van der Waals surface area contributed by atoms with Crippen LogP contribution in [-0.2, 0) is 16.4 Å². The average molecular weight is 314 g/mol. The topological polar surface area (TPSA) is 58.2 Å². The Kier molecular flexibility index (Phi) is 3.69. The summed E-state index contributed by atoms with van der Waals surface area (Å²) in [5.74, 6) is 0. The lowest BCUT2D eigenvalue weighted by atomic mass is 10.2. The van der Waals surface area contributed by atoms with Gasteiger partial charge in [0.2, 0.25) is 10.0 Å². The molecule has 0 radical (unpaired) electrons. The molecule has 4 nitrogen and oxygen atoms in total. The molecule has 1 atom stereocenters. The van der Waals surface area contributed by atoms with Gasteiger partial charge in [0.05, 0.1) is 0 Å².